The van der Waals surface area contributed by atoms with E-state index in [4.69, 9.17) is 9.15 Å². The van der Waals surface area contributed by atoms with E-state index < -0.39 is 18.0 Å². The minimum atomic E-state index is -0.532. The molecule has 1 aromatic heterocycles. The summed E-state index contributed by atoms with van der Waals surface area (Å²) in [5.41, 5.74) is 1.72. The number of benzene rings is 2. The fourth-order valence-corrected chi connectivity index (χ4v) is 2.40. The van der Waals surface area contributed by atoms with E-state index in [0.717, 1.165) is 11.1 Å². The SMILES string of the molecule is O=C(CNC(=O)c1ccco1)OC(c1ccccc1)c1ccccc1. The molecule has 0 saturated heterocycles. The first-order valence-electron chi connectivity index (χ1n) is 7.85. The Balaban J connectivity index is 1.68. The smallest absolute Gasteiger partial charge is 0.326 e. The van der Waals surface area contributed by atoms with Gasteiger partial charge in [0.2, 0.25) is 0 Å². The summed E-state index contributed by atoms with van der Waals surface area (Å²) >= 11 is 0. The van der Waals surface area contributed by atoms with Crippen molar-refractivity contribution in [1.82, 2.24) is 5.32 Å². The van der Waals surface area contributed by atoms with Crippen LogP contribution in [0.15, 0.2) is 83.5 Å². The van der Waals surface area contributed by atoms with E-state index in [2.05, 4.69) is 5.32 Å². The molecule has 3 rings (SSSR count). The molecule has 1 heterocycles. The Morgan fingerprint density at radius 1 is 0.880 bits per heavy atom. The first-order valence-corrected chi connectivity index (χ1v) is 7.85. The molecule has 0 fully saturated rings. The number of rotatable bonds is 6. The van der Waals surface area contributed by atoms with Crippen LogP contribution >= 0.6 is 0 Å². The summed E-state index contributed by atoms with van der Waals surface area (Å²) in [6.07, 6.45) is 0.865. The van der Waals surface area contributed by atoms with Crippen molar-refractivity contribution in [2.45, 2.75) is 6.10 Å². The lowest BCUT2D eigenvalue weighted by Gasteiger charge is -2.19. The van der Waals surface area contributed by atoms with Gasteiger partial charge in [-0.15, -0.1) is 0 Å². The van der Waals surface area contributed by atoms with Crippen molar-refractivity contribution in [2.75, 3.05) is 6.54 Å². The number of amides is 1. The predicted molar refractivity (Wildman–Crippen MR) is 91.9 cm³/mol. The third-order valence-corrected chi connectivity index (χ3v) is 3.59. The van der Waals surface area contributed by atoms with Gasteiger partial charge in [0.25, 0.3) is 5.91 Å². The predicted octanol–water partition coefficient (Wildman–Crippen LogP) is 3.34. The van der Waals surface area contributed by atoms with Crippen LogP contribution in [0, 0.1) is 0 Å². The number of esters is 1. The van der Waals surface area contributed by atoms with Crippen LogP contribution in [0.1, 0.15) is 27.8 Å². The van der Waals surface area contributed by atoms with Crippen molar-refractivity contribution in [3.05, 3.63) is 95.9 Å². The molecular formula is C20H17NO4. The van der Waals surface area contributed by atoms with Gasteiger partial charge in [0.1, 0.15) is 6.54 Å². The lowest BCUT2D eigenvalue weighted by atomic mass is 10.0. The summed E-state index contributed by atoms with van der Waals surface area (Å²) in [5, 5.41) is 2.49. The molecule has 0 atom stereocenters. The maximum absolute atomic E-state index is 12.2. The van der Waals surface area contributed by atoms with E-state index in [1.165, 1.54) is 12.3 Å². The molecule has 0 saturated carbocycles. The molecule has 0 aliphatic carbocycles. The Bertz CT molecular complexity index is 774. The van der Waals surface area contributed by atoms with Crippen LogP contribution in [-0.2, 0) is 9.53 Å². The van der Waals surface area contributed by atoms with Gasteiger partial charge >= 0.3 is 5.97 Å². The molecule has 0 radical (unpaired) electrons. The van der Waals surface area contributed by atoms with E-state index in [9.17, 15) is 9.59 Å². The molecule has 0 bridgehead atoms. The summed E-state index contributed by atoms with van der Waals surface area (Å²) < 4.78 is 10.6. The summed E-state index contributed by atoms with van der Waals surface area (Å²) in [6, 6.07) is 22.1. The van der Waals surface area contributed by atoms with Crippen LogP contribution in [0.25, 0.3) is 0 Å². The Morgan fingerprint density at radius 3 is 2.00 bits per heavy atom. The van der Waals surface area contributed by atoms with Crippen molar-refractivity contribution in [1.29, 1.82) is 0 Å². The quantitative estimate of drug-likeness (QED) is 0.702. The van der Waals surface area contributed by atoms with E-state index in [1.807, 2.05) is 60.7 Å². The summed E-state index contributed by atoms with van der Waals surface area (Å²) in [5.74, 6) is -0.842. The van der Waals surface area contributed by atoms with Crippen LogP contribution in [0.2, 0.25) is 0 Å². The molecule has 0 aliphatic rings. The molecule has 0 unspecified atom stereocenters. The van der Waals surface area contributed by atoms with Gasteiger partial charge in [-0.1, -0.05) is 60.7 Å². The van der Waals surface area contributed by atoms with E-state index in [0.29, 0.717) is 0 Å². The van der Waals surface area contributed by atoms with Crippen molar-refractivity contribution >= 4 is 11.9 Å². The van der Waals surface area contributed by atoms with Gasteiger partial charge in [0.15, 0.2) is 11.9 Å². The molecule has 1 N–H and O–H groups in total. The molecule has 126 valence electrons. The lowest BCUT2D eigenvalue weighted by Crippen LogP contribution is -2.31. The Hall–Kier alpha value is -3.34. The fourth-order valence-electron chi connectivity index (χ4n) is 2.40. The van der Waals surface area contributed by atoms with Crippen LogP contribution in [0.4, 0.5) is 0 Å². The van der Waals surface area contributed by atoms with Crippen molar-refractivity contribution in [3.63, 3.8) is 0 Å². The number of hydrogen-bond acceptors (Lipinski definition) is 4. The van der Waals surface area contributed by atoms with Crippen molar-refractivity contribution < 1.29 is 18.7 Å². The van der Waals surface area contributed by atoms with Gasteiger partial charge in [-0.2, -0.15) is 0 Å². The number of hydrogen-bond donors (Lipinski definition) is 1. The maximum atomic E-state index is 12.2. The second-order valence-electron chi connectivity index (χ2n) is 5.35. The topological polar surface area (TPSA) is 68.5 Å². The monoisotopic (exact) mass is 335 g/mol. The molecule has 5 heteroatoms. The first kappa shape index (κ1) is 16.5. The lowest BCUT2D eigenvalue weighted by molar-refractivity contribution is -0.146. The van der Waals surface area contributed by atoms with Gasteiger partial charge in [-0.05, 0) is 23.3 Å². The largest absolute Gasteiger partial charge is 0.459 e. The Morgan fingerprint density at radius 2 is 1.48 bits per heavy atom. The van der Waals surface area contributed by atoms with Crippen molar-refractivity contribution in [2.24, 2.45) is 0 Å². The normalized spacial score (nSPS) is 10.4. The summed E-state index contributed by atoms with van der Waals surface area (Å²) in [6.45, 7) is -0.240. The van der Waals surface area contributed by atoms with E-state index in [1.54, 1.807) is 6.07 Å². The molecule has 0 spiro atoms. The highest BCUT2D eigenvalue weighted by molar-refractivity contribution is 5.93. The Labute approximate surface area is 145 Å². The first-order chi connectivity index (χ1) is 12.2. The Kier molecular flexibility index (Phi) is 5.26. The summed E-state index contributed by atoms with van der Waals surface area (Å²) in [7, 11) is 0. The van der Waals surface area contributed by atoms with Gasteiger partial charge in [-0.3, -0.25) is 9.59 Å². The van der Waals surface area contributed by atoms with Crippen molar-refractivity contribution in [3.8, 4) is 0 Å². The number of furan rings is 1. The average molecular weight is 335 g/mol. The number of carbonyl (C=O) groups is 2. The van der Waals surface area contributed by atoms with Crippen LogP contribution in [-0.4, -0.2) is 18.4 Å². The molecule has 1 amide bonds. The fraction of sp³-hybridized carbons (Fsp3) is 0.100. The van der Waals surface area contributed by atoms with Gasteiger partial charge in [0, 0.05) is 0 Å². The number of ether oxygens (including phenoxy) is 1. The zero-order valence-corrected chi connectivity index (χ0v) is 13.4. The molecular weight excluding hydrogens is 318 g/mol. The zero-order chi connectivity index (χ0) is 17.5. The summed E-state index contributed by atoms with van der Waals surface area (Å²) in [4.78, 5) is 24.0. The number of carbonyl (C=O) groups excluding carboxylic acids is 2. The average Bonchev–Trinajstić information content (AvgIpc) is 3.20. The zero-order valence-electron chi connectivity index (χ0n) is 13.4. The highest BCUT2D eigenvalue weighted by atomic mass is 16.5. The minimum Gasteiger partial charge on any atom is -0.459 e. The molecule has 2 aromatic carbocycles. The third kappa shape index (κ3) is 4.35. The minimum absolute atomic E-state index is 0.149. The van der Waals surface area contributed by atoms with E-state index >= 15 is 0 Å². The molecule has 3 aromatic rings. The third-order valence-electron chi connectivity index (χ3n) is 3.59. The van der Waals surface area contributed by atoms with Gasteiger partial charge < -0.3 is 14.5 Å². The van der Waals surface area contributed by atoms with E-state index in [-0.39, 0.29) is 12.3 Å². The molecule has 25 heavy (non-hydrogen) atoms. The second kappa shape index (κ2) is 7.97. The van der Waals surface area contributed by atoms with Crippen LogP contribution < -0.4 is 5.32 Å². The highest BCUT2D eigenvalue weighted by Gasteiger charge is 2.19. The highest BCUT2D eigenvalue weighted by Crippen LogP contribution is 2.25. The second-order valence-corrected chi connectivity index (χ2v) is 5.35. The van der Waals surface area contributed by atoms with Gasteiger partial charge in [-0.25, -0.2) is 0 Å². The molecule has 5 nitrogen and oxygen atoms in total. The number of nitrogens with one attached hydrogen (secondary N) is 1. The van der Waals surface area contributed by atoms with Gasteiger partial charge in [0.05, 0.1) is 6.26 Å². The van der Waals surface area contributed by atoms with Crippen LogP contribution in [0.3, 0.4) is 0 Å². The molecule has 0 aliphatic heterocycles. The maximum Gasteiger partial charge on any atom is 0.326 e. The standard InChI is InChI=1S/C20H17NO4/c22-18(14-21-20(23)17-12-7-13-24-17)25-19(15-8-3-1-4-9-15)16-10-5-2-6-11-16/h1-13,19H,14H2,(H,21,23). The van der Waals surface area contributed by atoms with Crippen LogP contribution in [0.5, 0.6) is 0 Å².